The van der Waals surface area contributed by atoms with E-state index < -0.39 is 12.6 Å². The first-order valence-electron chi connectivity index (χ1n) is 9.84. The summed E-state index contributed by atoms with van der Waals surface area (Å²) in [5.41, 5.74) is 2.72. The summed E-state index contributed by atoms with van der Waals surface area (Å²) in [6.07, 6.45) is 2.27. The van der Waals surface area contributed by atoms with Gasteiger partial charge in [-0.05, 0) is 16.7 Å². The highest BCUT2D eigenvalue weighted by Crippen LogP contribution is 2.21. The van der Waals surface area contributed by atoms with Crippen molar-refractivity contribution in [1.82, 2.24) is 0 Å². The van der Waals surface area contributed by atoms with Crippen LogP contribution in [0, 0.1) is 0 Å². The van der Waals surface area contributed by atoms with Gasteiger partial charge in [-0.2, -0.15) is 0 Å². The molecule has 0 radical (unpaired) electrons. The van der Waals surface area contributed by atoms with E-state index in [-0.39, 0.29) is 25.2 Å². The third-order valence-corrected chi connectivity index (χ3v) is 4.14. The molecule has 2 unspecified atom stereocenters. The minimum Gasteiger partial charge on any atom is -0.436 e. The third-order valence-electron chi connectivity index (χ3n) is 4.14. The van der Waals surface area contributed by atoms with Crippen molar-refractivity contribution in [2.45, 2.75) is 79.2 Å². The Hall–Kier alpha value is -2.18. The third kappa shape index (κ3) is 7.82. The van der Waals surface area contributed by atoms with Gasteiger partial charge in [0.25, 0.3) is 0 Å². The second-order valence-corrected chi connectivity index (χ2v) is 6.17. The Labute approximate surface area is 167 Å². The molecule has 28 heavy (non-hydrogen) atoms. The van der Waals surface area contributed by atoms with Gasteiger partial charge in [-0.3, -0.25) is 9.59 Å². The lowest BCUT2D eigenvalue weighted by Gasteiger charge is -2.21. The van der Waals surface area contributed by atoms with Gasteiger partial charge < -0.3 is 18.9 Å². The van der Waals surface area contributed by atoms with Crippen molar-refractivity contribution in [2.75, 3.05) is 0 Å². The fourth-order valence-corrected chi connectivity index (χ4v) is 2.45. The van der Waals surface area contributed by atoms with Crippen LogP contribution in [-0.4, -0.2) is 24.5 Å². The summed E-state index contributed by atoms with van der Waals surface area (Å²) in [5.74, 6) is -0.588. The Bertz CT molecular complexity index is 640. The van der Waals surface area contributed by atoms with Crippen molar-refractivity contribution in [3.8, 4) is 0 Å². The Morgan fingerprint density at radius 1 is 0.929 bits per heavy atom. The fraction of sp³-hybridized carbons (Fsp3) is 0.545. The summed E-state index contributed by atoms with van der Waals surface area (Å²) in [6.45, 7) is 11.6. The molecule has 0 aromatic heterocycles. The molecular weight excluding hydrogens is 360 g/mol. The molecule has 0 aliphatic carbocycles. The maximum atomic E-state index is 11.5. The van der Waals surface area contributed by atoms with Crippen molar-refractivity contribution in [3.05, 3.63) is 41.5 Å². The minimum absolute atomic E-state index is 0.252. The molecule has 0 saturated heterocycles. The molecule has 0 aliphatic heterocycles. The lowest BCUT2D eigenvalue weighted by atomic mass is 10.0. The summed E-state index contributed by atoms with van der Waals surface area (Å²) in [6, 6.07) is 5.77. The number of rotatable bonds is 13. The Balaban J connectivity index is 2.85. The number of carbonyl (C=O) groups is 2. The number of hydrogen-bond acceptors (Lipinski definition) is 6. The number of hydrogen-bond donors (Lipinski definition) is 0. The van der Waals surface area contributed by atoms with Gasteiger partial charge in [-0.25, -0.2) is 0 Å². The summed E-state index contributed by atoms with van der Waals surface area (Å²) >= 11 is 0. The summed E-state index contributed by atoms with van der Waals surface area (Å²) < 4.78 is 22.2. The van der Waals surface area contributed by atoms with Gasteiger partial charge >= 0.3 is 11.9 Å². The highest BCUT2D eigenvalue weighted by atomic mass is 16.7. The second-order valence-electron chi connectivity index (χ2n) is 6.17. The molecule has 6 nitrogen and oxygen atoms in total. The molecule has 0 amide bonds. The standard InChI is InChI=1S/C22H32O6/c1-6-16-12-11-13-17(14-25-21(9-4)27-19(23)7-2)18(16)15-26-22(10-5)28-20(24)8-3/h6,11-13,21-22H,1,7-10,14-15H2,2-5H3. The molecule has 1 aromatic rings. The molecule has 0 fully saturated rings. The largest absolute Gasteiger partial charge is 0.436 e. The number of esters is 2. The van der Waals surface area contributed by atoms with E-state index in [0.29, 0.717) is 25.7 Å². The highest BCUT2D eigenvalue weighted by molar-refractivity contribution is 5.69. The van der Waals surface area contributed by atoms with Crippen LogP contribution in [0.15, 0.2) is 24.8 Å². The molecule has 0 aliphatic rings. The number of ether oxygens (including phenoxy) is 4. The molecule has 6 heteroatoms. The van der Waals surface area contributed by atoms with Gasteiger partial charge in [0, 0.05) is 25.7 Å². The van der Waals surface area contributed by atoms with Gasteiger partial charge in [-0.1, -0.05) is 58.5 Å². The van der Waals surface area contributed by atoms with E-state index in [4.69, 9.17) is 18.9 Å². The second kappa shape index (κ2) is 13.1. The molecule has 0 heterocycles. The van der Waals surface area contributed by atoms with Crippen LogP contribution in [0.1, 0.15) is 70.1 Å². The van der Waals surface area contributed by atoms with Crippen LogP contribution in [0.2, 0.25) is 0 Å². The van der Waals surface area contributed by atoms with Gasteiger partial charge in [0.15, 0.2) is 0 Å². The van der Waals surface area contributed by atoms with Crippen LogP contribution in [0.25, 0.3) is 6.08 Å². The van der Waals surface area contributed by atoms with E-state index in [9.17, 15) is 9.59 Å². The molecule has 156 valence electrons. The smallest absolute Gasteiger partial charge is 0.307 e. The Morgan fingerprint density at radius 2 is 1.46 bits per heavy atom. The van der Waals surface area contributed by atoms with E-state index >= 15 is 0 Å². The van der Waals surface area contributed by atoms with Crippen LogP contribution < -0.4 is 0 Å². The number of carbonyl (C=O) groups excluding carboxylic acids is 2. The molecule has 0 bridgehead atoms. The van der Waals surface area contributed by atoms with Gasteiger partial charge in [-0.15, -0.1) is 0 Å². The molecule has 1 aromatic carbocycles. The van der Waals surface area contributed by atoms with Crippen LogP contribution in [0.4, 0.5) is 0 Å². The summed E-state index contributed by atoms with van der Waals surface area (Å²) in [7, 11) is 0. The topological polar surface area (TPSA) is 71.1 Å². The van der Waals surface area contributed by atoms with E-state index in [1.807, 2.05) is 32.0 Å². The fourth-order valence-electron chi connectivity index (χ4n) is 2.45. The summed E-state index contributed by atoms with van der Waals surface area (Å²) in [4.78, 5) is 23.0. The molecule has 0 spiro atoms. The van der Waals surface area contributed by atoms with Gasteiger partial charge in [0.05, 0.1) is 13.2 Å². The van der Waals surface area contributed by atoms with Crippen molar-refractivity contribution >= 4 is 18.0 Å². The first-order chi connectivity index (χ1) is 13.5. The van der Waals surface area contributed by atoms with Crippen molar-refractivity contribution in [1.29, 1.82) is 0 Å². The minimum atomic E-state index is -0.604. The zero-order valence-corrected chi connectivity index (χ0v) is 17.4. The lowest BCUT2D eigenvalue weighted by molar-refractivity contribution is -0.184. The zero-order chi connectivity index (χ0) is 20.9. The monoisotopic (exact) mass is 392 g/mol. The SMILES string of the molecule is C=Cc1cccc(COC(CC)OC(=O)CC)c1COC(CC)OC(=O)CC. The van der Waals surface area contributed by atoms with Gasteiger partial charge in [0.2, 0.25) is 12.6 Å². The average Bonchev–Trinajstić information content (AvgIpc) is 2.73. The normalized spacial score (nSPS) is 12.9. The van der Waals surface area contributed by atoms with E-state index in [2.05, 4.69) is 6.58 Å². The van der Waals surface area contributed by atoms with Crippen molar-refractivity contribution in [3.63, 3.8) is 0 Å². The molecular formula is C22H32O6. The van der Waals surface area contributed by atoms with Crippen molar-refractivity contribution < 1.29 is 28.5 Å². The van der Waals surface area contributed by atoms with E-state index in [0.717, 1.165) is 16.7 Å². The maximum Gasteiger partial charge on any atom is 0.307 e. The first-order valence-corrected chi connectivity index (χ1v) is 9.84. The van der Waals surface area contributed by atoms with Gasteiger partial charge in [0.1, 0.15) is 0 Å². The van der Waals surface area contributed by atoms with E-state index in [1.165, 1.54) is 0 Å². The Morgan fingerprint density at radius 3 is 1.93 bits per heavy atom. The average molecular weight is 392 g/mol. The van der Waals surface area contributed by atoms with Crippen LogP contribution in [-0.2, 0) is 41.8 Å². The Kier molecular flexibility index (Phi) is 11.1. The molecule has 1 rings (SSSR count). The zero-order valence-electron chi connectivity index (χ0n) is 17.4. The molecule has 0 saturated carbocycles. The first kappa shape index (κ1) is 23.9. The lowest BCUT2D eigenvalue weighted by Crippen LogP contribution is -2.22. The number of benzene rings is 1. The van der Waals surface area contributed by atoms with Crippen LogP contribution >= 0.6 is 0 Å². The predicted octanol–water partition coefficient (Wildman–Crippen LogP) is 4.74. The molecule has 0 N–H and O–H groups in total. The predicted molar refractivity (Wildman–Crippen MR) is 107 cm³/mol. The van der Waals surface area contributed by atoms with Crippen LogP contribution in [0.5, 0.6) is 0 Å². The van der Waals surface area contributed by atoms with Crippen LogP contribution in [0.3, 0.4) is 0 Å². The van der Waals surface area contributed by atoms with Crippen molar-refractivity contribution in [2.24, 2.45) is 0 Å². The maximum absolute atomic E-state index is 11.5. The quantitative estimate of drug-likeness (QED) is 0.357. The van der Waals surface area contributed by atoms with E-state index in [1.54, 1.807) is 19.9 Å². The summed E-state index contributed by atoms with van der Waals surface area (Å²) in [5, 5.41) is 0. The molecule has 2 atom stereocenters. The highest BCUT2D eigenvalue weighted by Gasteiger charge is 2.16.